The Hall–Kier alpha value is -1.46. The molecule has 1 N–H and O–H groups in total. The van der Waals surface area contributed by atoms with E-state index in [4.69, 9.17) is 0 Å². The Morgan fingerprint density at radius 3 is 1.43 bits per heavy atom. The number of rotatable bonds is 2. The van der Waals surface area contributed by atoms with Crippen LogP contribution in [-0.2, 0) is 4.79 Å². The van der Waals surface area contributed by atoms with Gasteiger partial charge in [0.15, 0.2) is 0 Å². The van der Waals surface area contributed by atoms with E-state index in [1.54, 1.807) is 0 Å². The first kappa shape index (κ1) is 19.6. The molecule has 0 saturated heterocycles. The van der Waals surface area contributed by atoms with Crippen LogP contribution in [0.5, 0.6) is 0 Å². The van der Waals surface area contributed by atoms with Crippen molar-refractivity contribution in [2.75, 3.05) is 5.32 Å². The van der Waals surface area contributed by atoms with E-state index in [0.29, 0.717) is 4.47 Å². The second-order valence-corrected chi connectivity index (χ2v) is 5.12. The van der Waals surface area contributed by atoms with Crippen molar-refractivity contribution >= 4 is 27.5 Å². The fourth-order valence-corrected chi connectivity index (χ4v) is 1.89. The van der Waals surface area contributed by atoms with Gasteiger partial charge < -0.3 is 5.32 Å². The van der Waals surface area contributed by atoms with Crippen molar-refractivity contribution in [2.24, 2.45) is 5.41 Å². The third-order valence-corrected chi connectivity index (χ3v) is 3.25. The van der Waals surface area contributed by atoms with Crippen LogP contribution in [-0.4, -0.2) is 24.4 Å². The van der Waals surface area contributed by atoms with Crippen LogP contribution < -0.4 is 5.32 Å². The maximum Gasteiger partial charge on any atom is 0.421 e. The molecule has 1 amide bonds. The van der Waals surface area contributed by atoms with Gasteiger partial charge in [0.25, 0.3) is 5.91 Å². The summed E-state index contributed by atoms with van der Waals surface area (Å²) in [7, 11) is 0. The van der Waals surface area contributed by atoms with Crippen LogP contribution in [0.3, 0.4) is 0 Å². The average Bonchev–Trinajstić information content (AvgIpc) is 2.26. The van der Waals surface area contributed by atoms with Crippen LogP contribution in [0.25, 0.3) is 0 Å². The predicted octanol–water partition coefficient (Wildman–Crippen LogP) is 5.06. The topological polar surface area (TPSA) is 29.1 Å². The molecular formula is C11H5BrF9NO. The first-order chi connectivity index (χ1) is 10.1. The molecule has 0 aliphatic heterocycles. The number of benzene rings is 1. The highest BCUT2D eigenvalue weighted by atomic mass is 79.9. The maximum atomic E-state index is 12.7. The van der Waals surface area contributed by atoms with Gasteiger partial charge in [-0.1, -0.05) is 15.9 Å². The van der Waals surface area contributed by atoms with Crippen LogP contribution in [0.2, 0.25) is 0 Å². The van der Waals surface area contributed by atoms with Gasteiger partial charge in [0.1, 0.15) is 0 Å². The quantitative estimate of drug-likeness (QED) is 0.669. The minimum absolute atomic E-state index is 0.337. The molecule has 23 heavy (non-hydrogen) atoms. The third kappa shape index (κ3) is 3.40. The molecule has 1 rings (SSSR count). The highest BCUT2D eigenvalue weighted by molar-refractivity contribution is 9.10. The Morgan fingerprint density at radius 2 is 1.13 bits per heavy atom. The van der Waals surface area contributed by atoms with Crippen LogP contribution in [0, 0.1) is 5.41 Å². The highest BCUT2D eigenvalue weighted by Gasteiger charge is 2.88. The Balaban J connectivity index is 3.45. The number of anilines is 1. The maximum absolute atomic E-state index is 12.7. The molecule has 0 aromatic heterocycles. The molecule has 0 aliphatic rings. The number of nitrogens with one attached hydrogen (secondary N) is 1. The summed E-state index contributed by atoms with van der Waals surface area (Å²) in [5.74, 6) is -3.28. The Bertz CT molecular complexity index is 537. The lowest BCUT2D eigenvalue weighted by Gasteiger charge is -2.36. The summed E-state index contributed by atoms with van der Waals surface area (Å²) in [6, 6.07) is 3.86. The van der Waals surface area contributed by atoms with Crippen LogP contribution in [0.4, 0.5) is 45.2 Å². The molecule has 0 bridgehead atoms. The average molecular weight is 418 g/mol. The van der Waals surface area contributed by atoms with Crippen molar-refractivity contribution in [2.45, 2.75) is 18.5 Å². The van der Waals surface area contributed by atoms with E-state index in [1.807, 2.05) is 0 Å². The van der Waals surface area contributed by atoms with Crippen LogP contribution >= 0.6 is 15.9 Å². The molecule has 1 aromatic carbocycles. The molecule has 1 aromatic rings. The van der Waals surface area contributed by atoms with Gasteiger partial charge in [-0.25, -0.2) is 0 Å². The second-order valence-electron chi connectivity index (χ2n) is 4.20. The molecule has 0 heterocycles. The summed E-state index contributed by atoms with van der Waals surface area (Å²) in [4.78, 5) is 11.4. The fourth-order valence-electron chi connectivity index (χ4n) is 1.63. The van der Waals surface area contributed by atoms with Crippen molar-refractivity contribution in [3.8, 4) is 0 Å². The third-order valence-electron chi connectivity index (χ3n) is 2.72. The molecule has 130 valence electrons. The zero-order chi connectivity index (χ0) is 18.3. The molecule has 2 nitrogen and oxygen atoms in total. The van der Waals surface area contributed by atoms with Gasteiger partial charge in [-0.3, -0.25) is 4.79 Å². The van der Waals surface area contributed by atoms with Crippen LogP contribution in [0.1, 0.15) is 0 Å². The van der Waals surface area contributed by atoms with Gasteiger partial charge in [0.05, 0.1) is 0 Å². The minimum Gasteiger partial charge on any atom is -0.325 e. The van der Waals surface area contributed by atoms with E-state index in [1.165, 1.54) is 0 Å². The SMILES string of the molecule is O=C(Nc1ccc(Br)cc1)C(C(F)(F)F)(C(F)(F)F)C(F)(F)F. The van der Waals surface area contributed by atoms with Crippen molar-refractivity contribution < 1.29 is 44.3 Å². The van der Waals surface area contributed by atoms with E-state index in [0.717, 1.165) is 29.6 Å². The molecule has 0 saturated carbocycles. The molecule has 0 unspecified atom stereocenters. The lowest BCUT2D eigenvalue weighted by Crippen LogP contribution is -2.65. The Labute approximate surface area is 130 Å². The summed E-state index contributed by atoms with van der Waals surface area (Å²) in [5, 5.41) is 1.01. The van der Waals surface area contributed by atoms with Crippen molar-refractivity contribution in [1.82, 2.24) is 0 Å². The molecule has 0 fully saturated rings. The van der Waals surface area contributed by atoms with Gasteiger partial charge in [-0.05, 0) is 24.3 Å². The van der Waals surface area contributed by atoms with E-state index >= 15 is 0 Å². The molecule has 0 radical (unpaired) electrons. The number of hydrogen-bond acceptors (Lipinski definition) is 1. The predicted molar refractivity (Wildman–Crippen MR) is 63.4 cm³/mol. The molecule has 0 atom stereocenters. The zero-order valence-corrected chi connectivity index (χ0v) is 12.1. The summed E-state index contributed by atoms with van der Waals surface area (Å²) in [6.45, 7) is 0. The first-order valence-corrected chi connectivity index (χ1v) is 6.21. The first-order valence-electron chi connectivity index (χ1n) is 5.42. The highest BCUT2D eigenvalue weighted by Crippen LogP contribution is 2.59. The van der Waals surface area contributed by atoms with Gasteiger partial charge >= 0.3 is 23.9 Å². The normalized spacial score (nSPS) is 13.8. The summed E-state index contributed by atoms with van der Waals surface area (Å²) in [6.07, 6.45) is -20.8. The summed E-state index contributed by atoms with van der Waals surface area (Å²) in [5.41, 5.74) is -7.21. The summed E-state index contributed by atoms with van der Waals surface area (Å²) < 4.78 is 114. The van der Waals surface area contributed by atoms with Crippen molar-refractivity contribution in [3.05, 3.63) is 28.7 Å². The molecular weight excluding hydrogens is 413 g/mol. The molecule has 0 aliphatic carbocycles. The van der Waals surface area contributed by atoms with Gasteiger partial charge in [0, 0.05) is 10.2 Å². The van der Waals surface area contributed by atoms with Crippen LogP contribution in [0.15, 0.2) is 28.7 Å². The number of carbonyl (C=O) groups excluding carboxylic acids is 1. The lowest BCUT2D eigenvalue weighted by atomic mass is 9.84. The molecule has 0 spiro atoms. The number of amides is 1. The van der Waals surface area contributed by atoms with Gasteiger partial charge in [-0.2, -0.15) is 39.5 Å². The minimum atomic E-state index is -6.94. The Kier molecular flexibility index (Phi) is 5.00. The van der Waals surface area contributed by atoms with E-state index in [9.17, 15) is 44.3 Å². The van der Waals surface area contributed by atoms with Crippen molar-refractivity contribution in [3.63, 3.8) is 0 Å². The number of hydrogen-bond donors (Lipinski definition) is 1. The van der Waals surface area contributed by atoms with Crippen molar-refractivity contribution in [1.29, 1.82) is 0 Å². The summed E-state index contributed by atoms with van der Waals surface area (Å²) >= 11 is 2.89. The number of halogens is 10. The molecule has 12 heteroatoms. The van der Waals surface area contributed by atoms with Gasteiger partial charge in [-0.15, -0.1) is 0 Å². The number of alkyl halides is 9. The van der Waals surface area contributed by atoms with Gasteiger partial charge in [0.2, 0.25) is 0 Å². The largest absolute Gasteiger partial charge is 0.421 e. The fraction of sp³-hybridized carbons (Fsp3) is 0.364. The smallest absolute Gasteiger partial charge is 0.325 e. The monoisotopic (exact) mass is 417 g/mol. The lowest BCUT2D eigenvalue weighted by molar-refractivity contribution is -0.405. The second kappa shape index (κ2) is 5.87. The zero-order valence-electron chi connectivity index (χ0n) is 10.5. The number of carbonyl (C=O) groups is 1. The standard InChI is InChI=1S/C11H5BrF9NO/c12-5-1-3-6(4-2-5)22-7(23)8(9(13,14)15,10(16,17)18)11(19,20)21/h1-4H,(H,22,23). The Morgan fingerprint density at radius 1 is 0.783 bits per heavy atom. The van der Waals surface area contributed by atoms with E-state index in [-0.39, 0.29) is 0 Å². The van der Waals surface area contributed by atoms with E-state index < -0.39 is 35.5 Å². The van der Waals surface area contributed by atoms with E-state index in [2.05, 4.69) is 15.9 Å².